The summed E-state index contributed by atoms with van der Waals surface area (Å²) in [5, 5.41) is 21.7. The van der Waals surface area contributed by atoms with Gasteiger partial charge in [0.05, 0.1) is 24.3 Å². The average Bonchev–Trinajstić information content (AvgIpc) is 2.81. The third kappa shape index (κ3) is 10.00. The fourth-order valence-corrected chi connectivity index (χ4v) is 5.29. The highest BCUT2D eigenvalue weighted by Gasteiger charge is 2.28. The Bertz CT molecular complexity index is 1270. The van der Waals surface area contributed by atoms with Crippen LogP contribution >= 0.6 is 0 Å². The quantitative estimate of drug-likeness (QED) is 0.282. The fraction of sp³-hybridized carbons (Fsp3) is 0.400. The molecule has 3 N–H and O–H groups in total. The summed E-state index contributed by atoms with van der Waals surface area (Å²) in [5.74, 6) is -7.16. The molecule has 2 aromatic rings. The number of sulfone groups is 1. The molecule has 0 heterocycles. The molecule has 0 saturated heterocycles. The zero-order valence-electron chi connectivity index (χ0n) is 20.2. The Morgan fingerprint density at radius 3 is 2.32 bits per heavy atom. The van der Waals surface area contributed by atoms with Crippen LogP contribution in [0.3, 0.4) is 0 Å². The number of rotatable bonds is 15. The lowest BCUT2D eigenvalue weighted by molar-refractivity contribution is -0.148. The predicted molar refractivity (Wildman–Crippen MR) is 132 cm³/mol. The summed E-state index contributed by atoms with van der Waals surface area (Å²) in [6, 6.07) is 11.3. The Kier molecular flexibility index (Phi) is 10.7. The van der Waals surface area contributed by atoms with Gasteiger partial charge in [-0.15, -0.1) is 0 Å². The molecule has 0 aliphatic rings. The van der Waals surface area contributed by atoms with Gasteiger partial charge in [0.1, 0.15) is 6.04 Å². The summed E-state index contributed by atoms with van der Waals surface area (Å²) in [4.78, 5) is 59.2. The summed E-state index contributed by atoms with van der Waals surface area (Å²) in [5.41, 5.74) is 0.685. The maximum atomic E-state index is 12.6. The number of nitrogens with one attached hydrogen (secondary N) is 1. The Morgan fingerprint density at radius 2 is 1.65 bits per heavy atom. The van der Waals surface area contributed by atoms with E-state index in [1.165, 1.54) is 6.92 Å². The molecule has 0 fully saturated rings. The summed E-state index contributed by atoms with van der Waals surface area (Å²) in [7, 11) is -3.76. The van der Waals surface area contributed by atoms with Gasteiger partial charge in [-0.25, -0.2) is 8.42 Å². The van der Waals surface area contributed by atoms with Crippen molar-refractivity contribution in [3.63, 3.8) is 0 Å². The van der Waals surface area contributed by atoms with E-state index in [0.29, 0.717) is 5.56 Å². The molecule has 0 bridgehead atoms. The lowest BCUT2D eigenvalue weighted by Gasteiger charge is -2.19. The highest BCUT2D eigenvalue weighted by Crippen LogP contribution is 2.19. The van der Waals surface area contributed by atoms with Gasteiger partial charge in [0.25, 0.3) is 0 Å². The third-order valence-electron chi connectivity index (χ3n) is 5.47. The number of esters is 1. The first-order chi connectivity index (χ1) is 17.4. The SMILES string of the molecule is CC(CS(=O)(=O)CCCC(=O)O)C(=O)NC(CC(=O)O)C(=O)COC(=O)Cc1cccc2ccccc12. The number of carbonyl (C=O) groups excluding carboxylic acids is 3. The smallest absolute Gasteiger partial charge is 0.310 e. The Hall–Kier alpha value is -3.80. The van der Waals surface area contributed by atoms with Gasteiger partial charge in [0.15, 0.2) is 22.2 Å². The van der Waals surface area contributed by atoms with Gasteiger partial charge >= 0.3 is 17.9 Å². The van der Waals surface area contributed by atoms with Gasteiger partial charge in [-0.1, -0.05) is 49.4 Å². The number of benzene rings is 2. The van der Waals surface area contributed by atoms with E-state index in [4.69, 9.17) is 14.9 Å². The van der Waals surface area contributed by atoms with E-state index in [9.17, 15) is 32.4 Å². The zero-order chi connectivity index (χ0) is 27.6. The molecule has 0 radical (unpaired) electrons. The maximum Gasteiger partial charge on any atom is 0.310 e. The summed E-state index contributed by atoms with van der Waals surface area (Å²) in [6.07, 6.45) is -1.37. The van der Waals surface area contributed by atoms with Crippen LogP contribution in [0.5, 0.6) is 0 Å². The van der Waals surface area contributed by atoms with Gasteiger partial charge in [0.2, 0.25) is 5.91 Å². The first-order valence-corrected chi connectivity index (χ1v) is 13.3. The number of aliphatic carboxylic acids is 2. The van der Waals surface area contributed by atoms with E-state index < -0.39 is 75.9 Å². The van der Waals surface area contributed by atoms with Crippen LogP contribution in [0.4, 0.5) is 0 Å². The molecule has 200 valence electrons. The van der Waals surface area contributed by atoms with Crippen molar-refractivity contribution in [2.24, 2.45) is 5.92 Å². The molecule has 1 amide bonds. The summed E-state index contributed by atoms with van der Waals surface area (Å²) >= 11 is 0. The van der Waals surface area contributed by atoms with Gasteiger partial charge in [-0.2, -0.15) is 0 Å². The average molecular weight is 536 g/mol. The fourth-order valence-electron chi connectivity index (χ4n) is 3.62. The first kappa shape index (κ1) is 29.4. The molecule has 2 rings (SSSR count). The predicted octanol–water partition coefficient (Wildman–Crippen LogP) is 1.37. The summed E-state index contributed by atoms with van der Waals surface area (Å²) in [6.45, 7) is 0.514. The van der Waals surface area contributed by atoms with Crippen LogP contribution in [0.15, 0.2) is 42.5 Å². The number of carbonyl (C=O) groups is 5. The number of amides is 1. The summed E-state index contributed by atoms with van der Waals surface area (Å²) < 4.78 is 29.3. The van der Waals surface area contributed by atoms with E-state index in [1.54, 1.807) is 12.1 Å². The molecular formula is C25H29NO10S. The van der Waals surface area contributed by atoms with Gasteiger partial charge in [0, 0.05) is 12.3 Å². The highest BCUT2D eigenvalue weighted by molar-refractivity contribution is 7.91. The minimum Gasteiger partial charge on any atom is -0.481 e. The number of hydrogen-bond acceptors (Lipinski definition) is 8. The van der Waals surface area contributed by atoms with Gasteiger partial charge < -0.3 is 20.3 Å². The highest BCUT2D eigenvalue weighted by atomic mass is 32.2. The standard InChI is InChI=1S/C25H29NO10S/c1-16(15-37(34,35)11-5-10-22(28)29)25(33)26-20(13-23(30)31)21(27)14-36-24(32)12-18-8-4-7-17-6-2-3-9-19(17)18/h2-4,6-9,16,20H,5,10-15H2,1H3,(H,26,33)(H,28,29)(H,30,31). The zero-order valence-corrected chi connectivity index (χ0v) is 21.0. The molecular weight excluding hydrogens is 506 g/mol. The Balaban J connectivity index is 1.95. The molecule has 0 aromatic heterocycles. The molecule has 2 unspecified atom stereocenters. The number of carboxylic acids is 2. The molecule has 37 heavy (non-hydrogen) atoms. The third-order valence-corrected chi connectivity index (χ3v) is 7.39. The van der Waals surface area contributed by atoms with E-state index in [2.05, 4.69) is 5.32 Å². The number of ketones is 1. The van der Waals surface area contributed by atoms with E-state index >= 15 is 0 Å². The molecule has 0 spiro atoms. The Labute approximate surface area is 213 Å². The van der Waals surface area contributed by atoms with Crippen molar-refractivity contribution < 1.29 is 47.3 Å². The normalized spacial score (nSPS) is 12.9. The molecule has 0 aliphatic heterocycles. The maximum absolute atomic E-state index is 12.6. The van der Waals surface area contributed by atoms with E-state index in [-0.39, 0.29) is 19.3 Å². The molecule has 0 aliphatic carbocycles. The van der Waals surface area contributed by atoms with Crippen LogP contribution in [0, 0.1) is 5.92 Å². The van der Waals surface area contributed by atoms with Crippen LogP contribution < -0.4 is 5.32 Å². The van der Waals surface area contributed by atoms with E-state index in [0.717, 1.165) is 10.8 Å². The van der Waals surface area contributed by atoms with Crippen LogP contribution in [0.25, 0.3) is 10.8 Å². The van der Waals surface area contributed by atoms with Gasteiger partial charge in [-0.05, 0) is 22.8 Å². The minimum atomic E-state index is -3.76. The largest absolute Gasteiger partial charge is 0.481 e. The molecule has 2 aromatic carbocycles. The number of hydrogen-bond donors (Lipinski definition) is 3. The molecule has 2 atom stereocenters. The van der Waals surface area contributed by atoms with Crippen LogP contribution in [-0.2, 0) is 45.0 Å². The van der Waals surface area contributed by atoms with Crippen molar-refractivity contribution in [1.29, 1.82) is 0 Å². The van der Waals surface area contributed by atoms with Crippen molar-refractivity contribution in [2.45, 2.75) is 38.6 Å². The molecule has 12 heteroatoms. The number of ether oxygens (including phenoxy) is 1. The van der Waals surface area contributed by atoms with Crippen LogP contribution in [0.2, 0.25) is 0 Å². The second-order valence-electron chi connectivity index (χ2n) is 8.61. The van der Waals surface area contributed by atoms with Crippen LogP contribution in [0.1, 0.15) is 31.7 Å². The lowest BCUT2D eigenvalue weighted by Crippen LogP contribution is -2.47. The topological polar surface area (TPSA) is 181 Å². The lowest BCUT2D eigenvalue weighted by atomic mass is 10.0. The monoisotopic (exact) mass is 535 g/mol. The van der Waals surface area contributed by atoms with Crippen molar-refractivity contribution in [2.75, 3.05) is 18.1 Å². The minimum absolute atomic E-state index is 0.115. The Morgan fingerprint density at radius 1 is 0.973 bits per heavy atom. The van der Waals surface area contributed by atoms with Crippen LogP contribution in [-0.4, -0.2) is 72.4 Å². The molecule has 11 nitrogen and oxygen atoms in total. The van der Waals surface area contributed by atoms with Crippen molar-refractivity contribution >= 4 is 50.2 Å². The second-order valence-corrected chi connectivity index (χ2v) is 10.8. The second kappa shape index (κ2) is 13.5. The van der Waals surface area contributed by atoms with E-state index in [1.807, 2.05) is 30.3 Å². The first-order valence-electron chi connectivity index (χ1n) is 11.5. The van der Waals surface area contributed by atoms with Crippen molar-refractivity contribution in [3.05, 3.63) is 48.0 Å². The van der Waals surface area contributed by atoms with Crippen molar-refractivity contribution in [3.8, 4) is 0 Å². The number of carboxylic acid groups (broad SMARTS) is 2. The number of Topliss-reactive ketones (excluding diaryl/α,β-unsaturated/α-hetero) is 1. The van der Waals surface area contributed by atoms with Crippen molar-refractivity contribution in [1.82, 2.24) is 5.32 Å². The molecule has 0 saturated carbocycles. The van der Waals surface area contributed by atoms with Gasteiger partial charge in [-0.3, -0.25) is 24.0 Å². The number of fused-ring (bicyclic) bond motifs is 1.